The Morgan fingerprint density at radius 1 is 1.41 bits per heavy atom. The van der Waals surface area contributed by atoms with Crippen molar-refractivity contribution in [2.45, 2.75) is 64.3 Å². The zero-order valence-electron chi connectivity index (χ0n) is 11.2. The van der Waals surface area contributed by atoms with Crippen molar-refractivity contribution in [2.75, 3.05) is 6.54 Å². The van der Waals surface area contributed by atoms with E-state index in [-0.39, 0.29) is 11.4 Å². The monoisotopic (exact) mass is 238 g/mol. The zero-order chi connectivity index (χ0) is 12.7. The van der Waals surface area contributed by atoms with E-state index >= 15 is 0 Å². The first-order chi connectivity index (χ1) is 8.09. The van der Waals surface area contributed by atoms with Crippen LogP contribution in [0.1, 0.15) is 58.8 Å². The highest BCUT2D eigenvalue weighted by atomic mass is 16.1. The van der Waals surface area contributed by atoms with Gasteiger partial charge in [0.05, 0.1) is 0 Å². The molecule has 0 aromatic carbocycles. The van der Waals surface area contributed by atoms with E-state index in [9.17, 15) is 4.79 Å². The maximum absolute atomic E-state index is 11.8. The minimum Gasteiger partial charge on any atom is -0.354 e. The van der Waals surface area contributed by atoms with E-state index in [2.05, 4.69) is 25.2 Å². The molecule has 3 N–H and O–H groups in total. The van der Waals surface area contributed by atoms with E-state index in [1.54, 1.807) is 0 Å². The lowest BCUT2D eigenvalue weighted by atomic mass is 9.93. The maximum atomic E-state index is 11.8. The van der Waals surface area contributed by atoms with Gasteiger partial charge in [-0.3, -0.25) is 4.79 Å². The highest BCUT2D eigenvalue weighted by molar-refractivity contribution is 5.78. The summed E-state index contributed by atoms with van der Waals surface area (Å²) in [7, 11) is 0. The number of rotatable bonds is 6. The van der Waals surface area contributed by atoms with Crippen molar-refractivity contribution < 1.29 is 4.79 Å². The first-order valence-electron chi connectivity index (χ1n) is 6.83. The van der Waals surface area contributed by atoms with Gasteiger partial charge >= 0.3 is 0 Å². The van der Waals surface area contributed by atoms with Gasteiger partial charge < -0.3 is 11.1 Å². The first-order valence-corrected chi connectivity index (χ1v) is 6.83. The standard InChI is InChI=1S/C14H26N2O/c1-3-14(15,4-2)11-16-13(17)10-12-8-6-5-7-9-12/h8H,3-7,9-11,15H2,1-2H3,(H,16,17). The molecule has 0 spiro atoms. The normalized spacial score (nSPS) is 16.5. The number of hydrogen-bond donors (Lipinski definition) is 2. The Kier molecular flexibility index (Phi) is 5.69. The van der Waals surface area contributed by atoms with E-state index in [0.29, 0.717) is 13.0 Å². The summed E-state index contributed by atoms with van der Waals surface area (Å²) < 4.78 is 0. The second-order valence-corrected chi connectivity index (χ2v) is 5.13. The Morgan fingerprint density at radius 2 is 2.12 bits per heavy atom. The van der Waals surface area contributed by atoms with Crippen LogP contribution in [0.3, 0.4) is 0 Å². The van der Waals surface area contributed by atoms with Crippen molar-refractivity contribution in [3.63, 3.8) is 0 Å². The van der Waals surface area contributed by atoms with Crippen LogP contribution >= 0.6 is 0 Å². The molecule has 98 valence electrons. The molecule has 0 radical (unpaired) electrons. The third-order valence-electron chi connectivity index (χ3n) is 3.82. The van der Waals surface area contributed by atoms with Crippen LogP contribution in [0.25, 0.3) is 0 Å². The number of nitrogens with two attached hydrogens (primary N) is 1. The predicted molar refractivity (Wildman–Crippen MR) is 71.7 cm³/mol. The van der Waals surface area contributed by atoms with Crippen LogP contribution in [0.4, 0.5) is 0 Å². The molecule has 0 saturated heterocycles. The molecule has 0 unspecified atom stereocenters. The fraction of sp³-hybridized carbons (Fsp3) is 0.786. The van der Waals surface area contributed by atoms with Crippen molar-refractivity contribution >= 4 is 5.91 Å². The van der Waals surface area contributed by atoms with Crippen LogP contribution in [0.2, 0.25) is 0 Å². The largest absolute Gasteiger partial charge is 0.354 e. The molecule has 3 nitrogen and oxygen atoms in total. The van der Waals surface area contributed by atoms with Crippen molar-refractivity contribution in [1.29, 1.82) is 0 Å². The molecule has 0 atom stereocenters. The molecule has 17 heavy (non-hydrogen) atoms. The second kappa shape index (κ2) is 6.80. The lowest BCUT2D eigenvalue weighted by Crippen LogP contribution is -2.49. The summed E-state index contributed by atoms with van der Waals surface area (Å²) in [5.74, 6) is 0.120. The summed E-state index contributed by atoms with van der Waals surface area (Å²) in [6, 6.07) is 0. The summed E-state index contributed by atoms with van der Waals surface area (Å²) in [6.45, 7) is 4.73. The van der Waals surface area contributed by atoms with Crippen LogP contribution in [0.5, 0.6) is 0 Å². The molecular formula is C14H26N2O. The molecule has 1 rings (SSSR count). The fourth-order valence-corrected chi connectivity index (χ4v) is 2.11. The second-order valence-electron chi connectivity index (χ2n) is 5.13. The van der Waals surface area contributed by atoms with Gasteiger partial charge in [-0.2, -0.15) is 0 Å². The molecule has 3 heteroatoms. The van der Waals surface area contributed by atoms with Gasteiger partial charge in [0.2, 0.25) is 5.91 Å². The van der Waals surface area contributed by atoms with Crippen LogP contribution in [0.15, 0.2) is 11.6 Å². The average molecular weight is 238 g/mol. The number of nitrogens with one attached hydrogen (secondary N) is 1. The van der Waals surface area contributed by atoms with Gasteiger partial charge in [-0.15, -0.1) is 0 Å². The van der Waals surface area contributed by atoms with Gasteiger partial charge in [0.25, 0.3) is 0 Å². The lowest BCUT2D eigenvalue weighted by molar-refractivity contribution is -0.120. The minimum absolute atomic E-state index is 0.120. The molecule has 0 aliphatic heterocycles. The van der Waals surface area contributed by atoms with Crippen molar-refractivity contribution in [3.8, 4) is 0 Å². The number of hydrogen-bond acceptors (Lipinski definition) is 2. The maximum Gasteiger partial charge on any atom is 0.224 e. The summed E-state index contributed by atoms with van der Waals surface area (Å²) >= 11 is 0. The van der Waals surface area contributed by atoms with Gasteiger partial charge in [-0.25, -0.2) is 0 Å². The van der Waals surface area contributed by atoms with Crippen LogP contribution in [-0.4, -0.2) is 18.0 Å². The average Bonchev–Trinajstić information content (AvgIpc) is 2.37. The molecule has 0 bridgehead atoms. The molecule has 0 aromatic heterocycles. The molecule has 1 aliphatic carbocycles. The van der Waals surface area contributed by atoms with E-state index in [1.807, 2.05) is 0 Å². The van der Waals surface area contributed by atoms with Crippen LogP contribution in [0, 0.1) is 0 Å². The molecule has 0 saturated carbocycles. The minimum atomic E-state index is -0.239. The summed E-state index contributed by atoms with van der Waals surface area (Å²) in [5.41, 5.74) is 7.20. The number of carbonyl (C=O) groups is 1. The Labute approximate surface area is 105 Å². The van der Waals surface area contributed by atoms with Crippen LogP contribution in [-0.2, 0) is 4.79 Å². The van der Waals surface area contributed by atoms with Crippen molar-refractivity contribution in [2.24, 2.45) is 5.73 Å². The topological polar surface area (TPSA) is 55.1 Å². The lowest BCUT2D eigenvalue weighted by Gasteiger charge is -2.27. The Balaban J connectivity index is 2.32. The Bertz CT molecular complexity index is 280. The quantitative estimate of drug-likeness (QED) is 0.699. The summed E-state index contributed by atoms with van der Waals surface area (Å²) in [6.07, 6.45) is 9.28. The van der Waals surface area contributed by atoms with Crippen molar-refractivity contribution in [1.82, 2.24) is 5.32 Å². The Hall–Kier alpha value is -0.830. The number of carbonyl (C=O) groups excluding carboxylic acids is 1. The van der Waals surface area contributed by atoms with E-state index < -0.39 is 0 Å². The molecule has 1 amide bonds. The van der Waals surface area contributed by atoms with Gasteiger partial charge in [0, 0.05) is 18.5 Å². The highest BCUT2D eigenvalue weighted by Crippen LogP contribution is 2.19. The highest BCUT2D eigenvalue weighted by Gasteiger charge is 2.21. The smallest absolute Gasteiger partial charge is 0.224 e. The van der Waals surface area contributed by atoms with Gasteiger partial charge in [-0.05, 0) is 38.5 Å². The first kappa shape index (κ1) is 14.2. The summed E-state index contributed by atoms with van der Waals surface area (Å²) in [4.78, 5) is 11.8. The van der Waals surface area contributed by atoms with E-state index in [0.717, 1.165) is 25.7 Å². The molecule has 0 aromatic rings. The number of allylic oxidation sites excluding steroid dienone is 1. The third-order valence-corrected chi connectivity index (χ3v) is 3.82. The SMILES string of the molecule is CCC(N)(CC)CNC(=O)CC1=CCCCC1. The summed E-state index contributed by atoms with van der Waals surface area (Å²) in [5, 5.41) is 2.97. The molecule has 1 aliphatic rings. The molecule has 0 heterocycles. The number of amides is 1. The van der Waals surface area contributed by atoms with Crippen LogP contribution < -0.4 is 11.1 Å². The van der Waals surface area contributed by atoms with Gasteiger partial charge in [-0.1, -0.05) is 25.5 Å². The Morgan fingerprint density at radius 3 is 2.65 bits per heavy atom. The van der Waals surface area contributed by atoms with Crippen molar-refractivity contribution in [3.05, 3.63) is 11.6 Å². The van der Waals surface area contributed by atoms with E-state index in [1.165, 1.54) is 18.4 Å². The molecular weight excluding hydrogens is 212 g/mol. The van der Waals surface area contributed by atoms with E-state index in [4.69, 9.17) is 5.73 Å². The van der Waals surface area contributed by atoms with Gasteiger partial charge in [0.1, 0.15) is 0 Å². The third kappa shape index (κ3) is 4.90. The zero-order valence-corrected chi connectivity index (χ0v) is 11.2. The predicted octanol–water partition coefficient (Wildman–Crippen LogP) is 2.51. The fourth-order valence-electron chi connectivity index (χ4n) is 2.11. The molecule has 0 fully saturated rings. The van der Waals surface area contributed by atoms with Gasteiger partial charge in [0.15, 0.2) is 0 Å².